The molecule has 0 fully saturated rings. The number of rotatable bonds is 7. The van der Waals surface area contributed by atoms with Crippen molar-refractivity contribution < 1.29 is 14.6 Å². The summed E-state index contributed by atoms with van der Waals surface area (Å²) in [5.74, 6) is 0.0305. The van der Waals surface area contributed by atoms with Crippen LogP contribution in [0.15, 0.2) is 5.38 Å². The maximum absolute atomic E-state index is 11.8. The summed E-state index contributed by atoms with van der Waals surface area (Å²) in [4.78, 5) is 17.6. The Hall–Kier alpha value is -0.980. The van der Waals surface area contributed by atoms with E-state index in [2.05, 4.69) is 4.98 Å². The fourth-order valence-corrected chi connectivity index (χ4v) is 1.88. The van der Waals surface area contributed by atoms with Crippen LogP contribution in [0.5, 0.6) is 0 Å². The quantitative estimate of drug-likeness (QED) is 0.722. The molecule has 1 aromatic heterocycles. The molecule has 0 bridgehead atoms. The molecule has 0 saturated carbocycles. The van der Waals surface area contributed by atoms with E-state index >= 15 is 0 Å². The molecule has 1 amide bonds. The highest BCUT2D eigenvalue weighted by molar-refractivity contribution is 7.09. The van der Waals surface area contributed by atoms with Crippen LogP contribution in [0.3, 0.4) is 0 Å². The first kappa shape index (κ1) is 14.1. The van der Waals surface area contributed by atoms with E-state index in [-0.39, 0.29) is 12.5 Å². The molecular weight excluding hydrogens is 240 g/mol. The molecule has 0 aliphatic heterocycles. The molecule has 0 radical (unpaired) electrons. The van der Waals surface area contributed by atoms with Crippen molar-refractivity contribution in [2.75, 3.05) is 33.4 Å². The van der Waals surface area contributed by atoms with Gasteiger partial charge < -0.3 is 14.7 Å². The number of hydrogen-bond acceptors (Lipinski definition) is 5. The highest BCUT2D eigenvalue weighted by atomic mass is 32.1. The van der Waals surface area contributed by atoms with Gasteiger partial charge in [-0.05, 0) is 6.92 Å². The third-order valence-electron chi connectivity index (χ3n) is 2.23. The van der Waals surface area contributed by atoms with Crippen molar-refractivity contribution in [2.45, 2.75) is 13.3 Å². The Morgan fingerprint density at radius 3 is 2.94 bits per heavy atom. The van der Waals surface area contributed by atoms with Crippen molar-refractivity contribution >= 4 is 17.2 Å². The molecule has 0 aliphatic carbocycles. The molecule has 5 nitrogen and oxygen atoms in total. The third-order valence-corrected chi connectivity index (χ3v) is 3.05. The molecule has 1 rings (SSSR count). The van der Waals surface area contributed by atoms with E-state index in [1.165, 1.54) is 0 Å². The van der Waals surface area contributed by atoms with E-state index in [1.54, 1.807) is 23.3 Å². The molecule has 0 aromatic carbocycles. The van der Waals surface area contributed by atoms with Gasteiger partial charge in [-0.15, -0.1) is 11.3 Å². The van der Waals surface area contributed by atoms with Gasteiger partial charge in [-0.2, -0.15) is 0 Å². The summed E-state index contributed by atoms with van der Waals surface area (Å²) < 4.78 is 5.10. The van der Waals surface area contributed by atoms with Crippen LogP contribution in [0.4, 0.5) is 0 Å². The van der Waals surface area contributed by atoms with E-state index in [0.29, 0.717) is 26.2 Å². The third kappa shape index (κ3) is 5.25. The Morgan fingerprint density at radius 1 is 1.59 bits per heavy atom. The number of nitrogens with zero attached hydrogens (tertiary/aromatic N) is 2. The zero-order valence-corrected chi connectivity index (χ0v) is 11.0. The summed E-state index contributed by atoms with van der Waals surface area (Å²) in [7, 11) is 1.74. The van der Waals surface area contributed by atoms with Crippen molar-refractivity contribution in [3.63, 3.8) is 0 Å². The van der Waals surface area contributed by atoms with Crippen LogP contribution in [0.25, 0.3) is 0 Å². The lowest BCUT2D eigenvalue weighted by Gasteiger charge is -2.16. The number of carbonyl (C=O) groups excluding carboxylic acids is 1. The van der Waals surface area contributed by atoms with Crippen molar-refractivity contribution in [1.82, 2.24) is 9.88 Å². The van der Waals surface area contributed by atoms with Gasteiger partial charge in [0.25, 0.3) is 0 Å². The number of thiazole rings is 1. The lowest BCUT2D eigenvalue weighted by atomic mass is 10.3. The van der Waals surface area contributed by atoms with Crippen LogP contribution in [0.2, 0.25) is 0 Å². The lowest BCUT2D eigenvalue weighted by Crippen LogP contribution is -2.31. The molecule has 96 valence electrons. The number of aliphatic hydroxyl groups is 1. The summed E-state index contributed by atoms with van der Waals surface area (Å²) >= 11 is 1.55. The number of likely N-dealkylation sites (N-methyl/N-ethyl adjacent to an activating group) is 1. The molecular formula is C11H18N2O3S. The fourth-order valence-electron chi connectivity index (χ4n) is 1.27. The second kappa shape index (κ2) is 7.37. The van der Waals surface area contributed by atoms with Gasteiger partial charge >= 0.3 is 0 Å². The van der Waals surface area contributed by atoms with Gasteiger partial charge in [-0.1, -0.05) is 0 Å². The van der Waals surface area contributed by atoms with Gasteiger partial charge in [0.05, 0.1) is 36.9 Å². The van der Waals surface area contributed by atoms with Gasteiger partial charge in [-0.3, -0.25) is 4.79 Å². The minimum atomic E-state index is 0.00968. The van der Waals surface area contributed by atoms with Gasteiger partial charge in [0.15, 0.2) is 0 Å². The predicted octanol–water partition coefficient (Wildman–Crippen LogP) is 0.461. The molecule has 0 unspecified atom stereocenters. The van der Waals surface area contributed by atoms with Crippen LogP contribution >= 0.6 is 11.3 Å². The van der Waals surface area contributed by atoms with E-state index in [0.717, 1.165) is 10.7 Å². The Balaban J connectivity index is 2.27. The molecule has 0 spiro atoms. The summed E-state index contributed by atoms with van der Waals surface area (Å²) in [5.41, 5.74) is 0.820. The smallest absolute Gasteiger partial charge is 0.228 e. The molecule has 0 atom stereocenters. The maximum atomic E-state index is 11.8. The molecule has 0 saturated heterocycles. The first-order chi connectivity index (χ1) is 8.13. The monoisotopic (exact) mass is 258 g/mol. The van der Waals surface area contributed by atoms with Crippen molar-refractivity contribution in [3.05, 3.63) is 16.1 Å². The first-order valence-electron chi connectivity index (χ1n) is 5.47. The molecule has 1 aromatic rings. The first-order valence-corrected chi connectivity index (χ1v) is 6.35. The van der Waals surface area contributed by atoms with E-state index in [1.807, 2.05) is 12.3 Å². The van der Waals surface area contributed by atoms with E-state index in [9.17, 15) is 4.79 Å². The Morgan fingerprint density at radius 2 is 2.35 bits per heavy atom. The lowest BCUT2D eigenvalue weighted by molar-refractivity contribution is -0.129. The average Bonchev–Trinajstić information content (AvgIpc) is 2.70. The number of amides is 1. The van der Waals surface area contributed by atoms with Gasteiger partial charge in [0.2, 0.25) is 5.91 Å². The predicted molar refractivity (Wildman–Crippen MR) is 66.1 cm³/mol. The highest BCUT2D eigenvalue weighted by Crippen LogP contribution is 2.09. The minimum absolute atomic E-state index is 0.00968. The topological polar surface area (TPSA) is 62.7 Å². The number of aryl methyl sites for hydroxylation is 1. The van der Waals surface area contributed by atoms with Gasteiger partial charge in [-0.25, -0.2) is 4.98 Å². The van der Waals surface area contributed by atoms with Gasteiger partial charge in [0.1, 0.15) is 0 Å². The van der Waals surface area contributed by atoms with Crippen LogP contribution < -0.4 is 0 Å². The zero-order valence-electron chi connectivity index (χ0n) is 10.2. The minimum Gasteiger partial charge on any atom is -0.394 e. The highest BCUT2D eigenvalue weighted by Gasteiger charge is 2.11. The SMILES string of the molecule is Cc1nc(CC(=O)N(C)CCOCCO)cs1. The standard InChI is InChI=1S/C11H18N2O3S/c1-9-12-10(8-17-9)7-11(15)13(2)3-5-16-6-4-14/h8,14H,3-7H2,1-2H3. The number of aromatic nitrogens is 1. The fraction of sp³-hybridized carbons (Fsp3) is 0.636. The number of carbonyl (C=O) groups is 1. The van der Waals surface area contributed by atoms with Crippen LogP contribution in [0, 0.1) is 6.92 Å². The van der Waals surface area contributed by atoms with E-state index in [4.69, 9.17) is 9.84 Å². The van der Waals surface area contributed by atoms with E-state index < -0.39 is 0 Å². The summed E-state index contributed by atoms with van der Waals surface area (Å²) in [6, 6.07) is 0. The molecule has 0 aliphatic rings. The largest absolute Gasteiger partial charge is 0.394 e. The van der Waals surface area contributed by atoms with Crippen LogP contribution in [0.1, 0.15) is 10.7 Å². The van der Waals surface area contributed by atoms with Crippen molar-refractivity contribution in [1.29, 1.82) is 0 Å². The normalized spacial score (nSPS) is 10.5. The Kier molecular flexibility index (Phi) is 6.10. The Bertz CT molecular complexity index is 354. The summed E-state index contributed by atoms with van der Waals surface area (Å²) in [5, 5.41) is 11.4. The summed E-state index contributed by atoms with van der Waals surface area (Å²) in [6.07, 6.45) is 0.334. The molecule has 6 heteroatoms. The maximum Gasteiger partial charge on any atom is 0.228 e. The number of ether oxygens (including phenoxy) is 1. The van der Waals surface area contributed by atoms with Gasteiger partial charge in [0, 0.05) is 19.0 Å². The second-order valence-corrected chi connectivity index (χ2v) is 4.75. The van der Waals surface area contributed by atoms with Crippen molar-refractivity contribution in [3.8, 4) is 0 Å². The van der Waals surface area contributed by atoms with Crippen LogP contribution in [-0.2, 0) is 16.0 Å². The number of hydrogen-bond donors (Lipinski definition) is 1. The van der Waals surface area contributed by atoms with Crippen molar-refractivity contribution in [2.24, 2.45) is 0 Å². The average molecular weight is 258 g/mol. The molecule has 17 heavy (non-hydrogen) atoms. The van der Waals surface area contributed by atoms with Crippen LogP contribution in [-0.4, -0.2) is 54.3 Å². The molecule has 1 N–H and O–H groups in total. The molecule has 1 heterocycles. The Labute approximate surface area is 105 Å². The zero-order chi connectivity index (χ0) is 12.7. The summed E-state index contributed by atoms with van der Waals surface area (Å²) in [6.45, 7) is 3.22. The second-order valence-electron chi connectivity index (χ2n) is 3.69. The number of aliphatic hydroxyl groups excluding tert-OH is 1.